The van der Waals surface area contributed by atoms with Gasteiger partial charge >= 0.3 is 5.97 Å². The Balaban J connectivity index is 1.96. The van der Waals surface area contributed by atoms with Crippen LogP contribution in [0.1, 0.15) is 60.3 Å². The molecule has 23 heavy (non-hydrogen) atoms. The van der Waals surface area contributed by atoms with Crippen LogP contribution in [0.4, 0.5) is 0 Å². The molecule has 0 saturated carbocycles. The highest BCUT2D eigenvalue weighted by Gasteiger charge is 2.28. The monoisotopic (exact) mass is 323 g/mol. The molecule has 0 atom stereocenters. The summed E-state index contributed by atoms with van der Waals surface area (Å²) in [7, 11) is 0. The number of carbonyl (C=O) groups excluding carboxylic acids is 1. The first kappa shape index (κ1) is 17.5. The second-order valence-corrected chi connectivity index (χ2v) is 6.32. The molecule has 1 aromatic heterocycles. The fourth-order valence-corrected chi connectivity index (χ4v) is 2.69. The molecule has 0 spiro atoms. The van der Waals surface area contributed by atoms with E-state index >= 15 is 0 Å². The zero-order valence-electron chi connectivity index (χ0n) is 14.0. The number of rotatable bonds is 6. The van der Waals surface area contributed by atoms with E-state index in [0.29, 0.717) is 31.2 Å². The molecule has 0 radical (unpaired) electrons. The van der Waals surface area contributed by atoms with E-state index in [9.17, 15) is 9.59 Å². The fraction of sp³-hybridized carbons (Fsp3) is 0.647. The number of likely N-dealkylation sites (tertiary alicyclic amines) is 1. The summed E-state index contributed by atoms with van der Waals surface area (Å²) in [6.45, 7) is 7.97. The first-order valence-corrected chi connectivity index (χ1v) is 8.19. The molecule has 1 N–H and O–H groups in total. The summed E-state index contributed by atoms with van der Waals surface area (Å²) in [5.41, 5.74) is 0.0750. The molecule has 1 aromatic rings. The van der Waals surface area contributed by atoms with Gasteiger partial charge in [-0.3, -0.25) is 4.79 Å². The smallest absolute Gasteiger partial charge is 0.339 e. The number of aromatic carboxylic acids is 1. The predicted molar refractivity (Wildman–Crippen MR) is 84.8 cm³/mol. The van der Waals surface area contributed by atoms with Crippen LogP contribution in [0.15, 0.2) is 10.5 Å². The Morgan fingerprint density at radius 3 is 2.52 bits per heavy atom. The number of furan rings is 1. The maximum atomic E-state index is 12.5. The van der Waals surface area contributed by atoms with Gasteiger partial charge in [-0.1, -0.05) is 20.8 Å². The van der Waals surface area contributed by atoms with Crippen LogP contribution in [-0.4, -0.2) is 47.7 Å². The van der Waals surface area contributed by atoms with Gasteiger partial charge in [-0.15, -0.1) is 0 Å². The zero-order chi connectivity index (χ0) is 17.0. The van der Waals surface area contributed by atoms with E-state index in [1.165, 1.54) is 6.07 Å². The molecule has 0 aliphatic carbocycles. The standard InChI is InChI=1S/C17H25NO5/c1-4-14-13(17(20)21)9-15(23-14)16(19)18-7-5-12(6-8-18)22-10-11(2)3/h9,11-12H,4-8,10H2,1-3H3,(H,20,21). The van der Waals surface area contributed by atoms with Gasteiger partial charge in [0, 0.05) is 32.2 Å². The third-order valence-corrected chi connectivity index (χ3v) is 3.97. The third kappa shape index (κ3) is 4.34. The molecule has 1 aliphatic heterocycles. The third-order valence-electron chi connectivity index (χ3n) is 3.97. The molecular formula is C17H25NO5. The van der Waals surface area contributed by atoms with Crippen molar-refractivity contribution in [2.75, 3.05) is 19.7 Å². The molecule has 128 valence electrons. The minimum absolute atomic E-state index is 0.0750. The molecule has 0 aromatic carbocycles. The van der Waals surface area contributed by atoms with Gasteiger partial charge in [-0.25, -0.2) is 4.79 Å². The molecule has 1 fully saturated rings. The molecule has 1 saturated heterocycles. The summed E-state index contributed by atoms with van der Waals surface area (Å²) < 4.78 is 11.3. The molecule has 0 bridgehead atoms. The van der Waals surface area contributed by atoms with Crippen LogP contribution in [0.2, 0.25) is 0 Å². The SMILES string of the molecule is CCc1oc(C(=O)N2CCC(OCC(C)C)CC2)cc1C(=O)O. The number of piperidine rings is 1. The van der Waals surface area contributed by atoms with Gasteiger partial charge in [0.05, 0.1) is 6.10 Å². The van der Waals surface area contributed by atoms with Crippen LogP contribution in [0.5, 0.6) is 0 Å². The number of nitrogens with zero attached hydrogens (tertiary/aromatic N) is 1. The van der Waals surface area contributed by atoms with Crippen molar-refractivity contribution < 1.29 is 23.8 Å². The van der Waals surface area contributed by atoms with Gasteiger partial charge in [0.25, 0.3) is 5.91 Å². The molecule has 6 heteroatoms. The average molecular weight is 323 g/mol. The van der Waals surface area contributed by atoms with Gasteiger partial charge in [0.15, 0.2) is 5.76 Å². The maximum absolute atomic E-state index is 12.5. The lowest BCUT2D eigenvalue weighted by molar-refractivity contribution is -0.00295. The minimum Gasteiger partial charge on any atom is -0.478 e. The number of hydrogen-bond donors (Lipinski definition) is 1. The van der Waals surface area contributed by atoms with E-state index < -0.39 is 5.97 Å². The van der Waals surface area contributed by atoms with Crippen molar-refractivity contribution in [3.05, 3.63) is 23.2 Å². The van der Waals surface area contributed by atoms with E-state index in [0.717, 1.165) is 19.4 Å². The average Bonchev–Trinajstić information content (AvgIpc) is 2.97. The second-order valence-electron chi connectivity index (χ2n) is 6.32. The zero-order valence-corrected chi connectivity index (χ0v) is 14.0. The van der Waals surface area contributed by atoms with E-state index in [1.807, 2.05) is 0 Å². The second kappa shape index (κ2) is 7.64. The topological polar surface area (TPSA) is 80.0 Å². The highest BCUT2D eigenvalue weighted by molar-refractivity contribution is 5.96. The Kier molecular flexibility index (Phi) is 5.82. The number of hydrogen-bond acceptors (Lipinski definition) is 4. The molecule has 6 nitrogen and oxygen atoms in total. The van der Waals surface area contributed by atoms with E-state index in [2.05, 4.69) is 13.8 Å². The number of ether oxygens (including phenoxy) is 1. The van der Waals surface area contributed by atoms with E-state index in [4.69, 9.17) is 14.3 Å². The summed E-state index contributed by atoms with van der Waals surface area (Å²) in [5.74, 6) is -0.351. The number of carbonyl (C=O) groups is 2. The van der Waals surface area contributed by atoms with Gasteiger partial charge in [0.1, 0.15) is 11.3 Å². The predicted octanol–water partition coefficient (Wildman–Crippen LogP) is 2.82. The molecule has 1 amide bonds. The summed E-state index contributed by atoms with van der Waals surface area (Å²) in [4.78, 5) is 25.3. The first-order chi connectivity index (χ1) is 10.9. The first-order valence-electron chi connectivity index (χ1n) is 8.19. The lowest BCUT2D eigenvalue weighted by Gasteiger charge is -2.31. The lowest BCUT2D eigenvalue weighted by atomic mass is 10.1. The molecule has 2 rings (SSSR count). The van der Waals surface area contributed by atoms with E-state index in [-0.39, 0.29) is 23.3 Å². The number of aryl methyl sites for hydroxylation is 1. The van der Waals surface area contributed by atoms with Crippen LogP contribution in [0, 0.1) is 5.92 Å². The highest BCUT2D eigenvalue weighted by Crippen LogP contribution is 2.21. The Morgan fingerprint density at radius 1 is 1.39 bits per heavy atom. The van der Waals surface area contributed by atoms with Crippen molar-refractivity contribution in [1.82, 2.24) is 4.90 Å². The van der Waals surface area contributed by atoms with Crippen LogP contribution in [0.3, 0.4) is 0 Å². The molecule has 0 unspecified atom stereocenters. The van der Waals surface area contributed by atoms with Gasteiger partial charge < -0.3 is 19.2 Å². The summed E-state index contributed by atoms with van der Waals surface area (Å²) in [6, 6.07) is 1.34. The lowest BCUT2D eigenvalue weighted by Crippen LogP contribution is -2.41. The van der Waals surface area contributed by atoms with Crippen LogP contribution >= 0.6 is 0 Å². The Hall–Kier alpha value is -1.82. The molecular weight excluding hydrogens is 298 g/mol. The summed E-state index contributed by atoms with van der Waals surface area (Å²) in [6.07, 6.45) is 2.23. The van der Waals surface area contributed by atoms with Gasteiger partial charge in [-0.2, -0.15) is 0 Å². The Morgan fingerprint density at radius 2 is 2.04 bits per heavy atom. The maximum Gasteiger partial charge on any atom is 0.339 e. The van der Waals surface area contributed by atoms with Crippen molar-refractivity contribution in [1.29, 1.82) is 0 Å². The Labute approximate surface area is 136 Å². The van der Waals surface area contributed by atoms with E-state index in [1.54, 1.807) is 11.8 Å². The normalized spacial score (nSPS) is 16.1. The van der Waals surface area contributed by atoms with Gasteiger partial charge in [-0.05, 0) is 18.8 Å². The quantitative estimate of drug-likeness (QED) is 0.870. The fourth-order valence-electron chi connectivity index (χ4n) is 2.69. The van der Waals surface area contributed by atoms with Crippen molar-refractivity contribution in [2.24, 2.45) is 5.92 Å². The van der Waals surface area contributed by atoms with Crippen LogP contribution < -0.4 is 0 Å². The van der Waals surface area contributed by atoms with Crippen molar-refractivity contribution in [3.63, 3.8) is 0 Å². The highest BCUT2D eigenvalue weighted by atomic mass is 16.5. The molecule has 1 aliphatic rings. The van der Waals surface area contributed by atoms with Crippen LogP contribution in [-0.2, 0) is 11.2 Å². The summed E-state index contributed by atoms with van der Waals surface area (Å²) in [5, 5.41) is 9.14. The Bertz CT molecular complexity index is 555. The number of carboxylic acids is 1. The van der Waals surface area contributed by atoms with Crippen molar-refractivity contribution in [2.45, 2.75) is 46.1 Å². The molecule has 2 heterocycles. The van der Waals surface area contributed by atoms with Crippen molar-refractivity contribution in [3.8, 4) is 0 Å². The summed E-state index contributed by atoms with van der Waals surface area (Å²) >= 11 is 0. The van der Waals surface area contributed by atoms with Gasteiger partial charge in [0.2, 0.25) is 0 Å². The minimum atomic E-state index is -1.06. The van der Waals surface area contributed by atoms with Crippen molar-refractivity contribution >= 4 is 11.9 Å². The largest absolute Gasteiger partial charge is 0.478 e. The van der Waals surface area contributed by atoms with Crippen LogP contribution in [0.25, 0.3) is 0 Å². The number of amides is 1. The number of carboxylic acid groups (broad SMARTS) is 1.